The summed E-state index contributed by atoms with van der Waals surface area (Å²) < 4.78 is 15.4. The van der Waals surface area contributed by atoms with Gasteiger partial charge in [-0.2, -0.15) is 0 Å². The van der Waals surface area contributed by atoms with E-state index in [9.17, 15) is 0 Å². The summed E-state index contributed by atoms with van der Waals surface area (Å²) in [6.45, 7) is 9.80. The summed E-state index contributed by atoms with van der Waals surface area (Å²) in [4.78, 5) is 0. The molecule has 1 unspecified atom stereocenters. The average Bonchev–Trinajstić information content (AvgIpc) is 2.26. The minimum atomic E-state index is 0.339. The highest BCUT2D eigenvalue weighted by atomic mass is 16.5. The molecule has 0 aliphatic carbocycles. The number of ether oxygens (including phenoxy) is 3. The van der Waals surface area contributed by atoms with Crippen LogP contribution in [0.3, 0.4) is 0 Å². The van der Waals surface area contributed by atoms with Crippen molar-refractivity contribution in [2.24, 2.45) is 0 Å². The van der Waals surface area contributed by atoms with Gasteiger partial charge < -0.3 is 19.5 Å². The molecule has 0 fully saturated rings. The standard InChI is InChI=1S/C11H23NO3/c1-4-11(2)12-5-6-14-9-10-15-8-7-13-3/h4,11-12H,1,5-10H2,2-3H3. The number of rotatable bonds is 11. The maximum absolute atomic E-state index is 5.35. The molecular weight excluding hydrogens is 194 g/mol. The summed E-state index contributed by atoms with van der Waals surface area (Å²) in [5.74, 6) is 0. The lowest BCUT2D eigenvalue weighted by atomic mass is 10.3. The lowest BCUT2D eigenvalue weighted by Crippen LogP contribution is -2.27. The molecule has 4 heteroatoms. The van der Waals surface area contributed by atoms with Crippen LogP contribution in [-0.4, -0.2) is 52.7 Å². The van der Waals surface area contributed by atoms with E-state index in [-0.39, 0.29) is 0 Å². The van der Waals surface area contributed by atoms with E-state index in [2.05, 4.69) is 18.8 Å². The molecule has 1 atom stereocenters. The molecule has 0 spiro atoms. The van der Waals surface area contributed by atoms with Gasteiger partial charge in [-0.15, -0.1) is 6.58 Å². The highest BCUT2D eigenvalue weighted by molar-refractivity contribution is 4.80. The van der Waals surface area contributed by atoms with Crippen molar-refractivity contribution in [3.05, 3.63) is 12.7 Å². The lowest BCUT2D eigenvalue weighted by molar-refractivity contribution is 0.0254. The minimum absolute atomic E-state index is 0.339. The van der Waals surface area contributed by atoms with Crippen LogP contribution in [0.25, 0.3) is 0 Å². The first kappa shape index (κ1) is 14.6. The first-order valence-corrected chi connectivity index (χ1v) is 5.31. The van der Waals surface area contributed by atoms with Crippen LogP contribution in [0.15, 0.2) is 12.7 Å². The van der Waals surface area contributed by atoms with Gasteiger partial charge in [0.2, 0.25) is 0 Å². The number of hydrogen-bond donors (Lipinski definition) is 1. The van der Waals surface area contributed by atoms with Gasteiger partial charge in [0, 0.05) is 19.7 Å². The summed E-state index contributed by atoms with van der Waals surface area (Å²) >= 11 is 0. The number of nitrogens with one attached hydrogen (secondary N) is 1. The molecular formula is C11H23NO3. The van der Waals surface area contributed by atoms with Gasteiger partial charge in [0.1, 0.15) is 0 Å². The monoisotopic (exact) mass is 217 g/mol. The predicted octanol–water partition coefficient (Wildman–Crippen LogP) is 0.830. The van der Waals surface area contributed by atoms with Crippen molar-refractivity contribution >= 4 is 0 Å². The van der Waals surface area contributed by atoms with Crippen LogP contribution in [0.2, 0.25) is 0 Å². The van der Waals surface area contributed by atoms with Crippen LogP contribution in [0.5, 0.6) is 0 Å². The zero-order valence-electron chi connectivity index (χ0n) is 9.83. The zero-order chi connectivity index (χ0) is 11.4. The summed E-state index contributed by atoms with van der Waals surface area (Å²) in [6.07, 6.45) is 1.87. The van der Waals surface area contributed by atoms with Gasteiger partial charge in [-0.3, -0.25) is 0 Å². The maximum atomic E-state index is 5.35. The van der Waals surface area contributed by atoms with Crippen molar-refractivity contribution in [2.45, 2.75) is 13.0 Å². The highest BCUT2D eigenvalue weighted by Gasteiger charge is 1.93. The van der Waals surface area contributed by atoms with Crippen molar-refractivity contribution < 1.29 is 14.2 Å². The van der Waals surface area contributed by atoms with E-state index >= 15 is 0 Å². The van der Waals surface area contributed by atoms with E-state index in [1.165, 1.54) is 0 Å². The Morgan fingerprint density at radius 3 is 2.33 bits per heavy atom. The van der Waals surface area contributed by atoms with E-state index in [4.69, 9.17) is 14.2 Å². The normalized spacial score (nSPS) is 12.7. The Labute approximate surface area is 92.6 Å². The largest absolute Gasteiger partial charge is 0.382 e. The molecule has 0 aromatic heterocycles. The fraction of sp³-hybridized carbons (Fsp3) is 0.818. The van der Waals surface area contributed by atoms with Gasteiger partial charge in [0.05, 0.1) is 33.0 Å². The van der Waals surface area contributed by atoms with Gasteiger partial charge in [-0.05, 0) is 6.92 Å². The summed E-state index contributed by atoms with van der Waals surface area (Å²) in [7, 11) is 1.66. The first-order valence-electron chi connectivity index (χ1n) is 5.31. The number of methoxy groups -OCH3 is 1. The van der Waals surface area contributed by atoms with Crippen LogP contribution in [0, 0.1) is 0 Å². The third-order valence-corrected chi connectivity index (χ3v) is 1.87. The molecule has 0 heterocycles. The van der Waals surface area contributed by atoms with Crippen LogP contribution in [-0.2, 0) is 14.2 Å². The smallest absolute Gasteiger partial charge is 0.0701 e. The van der Waals surface area contributed by atoms with E-state index in [1.54, 1.807) is 7.11 Å². The first-order chi connectivity index (χ1) is 7.31. The van der Waals surface area contributed by atoms with Gasteiger partial charge in [0.25, 0.3) is 0 Å². The molecule has 0 saturated heterocycles. The van der Waals surface area contributed by atoms with Crippen molar-refractivity contribution in [1.82, 2.24) is 5.32 Å². The zero-order valence-corrected chi connectivity index (χ0v) is 9.83. The van der Waals surface area contributed by atoms with Crippen molar-refractivity contribution in [3.8, 4) is 0 Å². The Kier molecular flexibility index (Phi) is 11.3. The van der Waals surface area contributed by atoms with E-state index < -0.39 is 0 Å². The lowest BCUT2D eigenvalue weighted by Gasteiger charge is -2.09. The number of hydrogen-bond acceptors (Lipinski definition) is 4. The van der Waals surface area contributed by atoms with Crippen LogP contribution in [0.4, 0.5) is 0 Å². The fourth-order valence-electron chi connectivity index (χ4n) is 0.906. The van der Waals surface area contributed by atoms with Crippen molar-refractivity contribution in [2.75, 3.05) is 46.7 Å². The van der Waals surface area contributed by atoms with Crippen LogP contribution in [0.1, 0.15) is 6.92 Å². The summed E-state index contributed by atoms with van der Waals surface area (Å²) in [5.41, 5.74) is 0. The van der Waals surface area contributed by atoms with Gasteiger partial charge in [-0.25, -0.2) is 0 Å². The van der Waals surface area contributed by atoms with Gasteiger partial charge >= 0.3 is 0 Å². The minimum Gasteiger partial charge on any atom is -0.382 e. The molecule has 0 aromatic rings. The Bertz CT molecular complexity index is 142. The van der Waals surface area contributed by atoms with Gasteiger partial charge in [0.15, 0.2) is 0 Å². The molecule has 0 aromatic carbocycles. The molecule has 15 heavy (non-hydrogen) atoms. The van der Waals surface area contributed by atoms with E-state index in [0.29, 0.717) is 39.1 Å². The van der Waals surface area contributed by atoms with E-state index in [1.807, 2.05) is 6.08 Å². The molecule has 4 nitrogen and oxygen atoms in total. The van der Waals surface area contributed by atoms with Crippen molar-refractivity contribution in [1.29, 1.82) is 0 Å². The van der Waals surface area contributed by atoms with Crippen molar-refractivity contribution in [3.63, 3.8) is 0 Å². The van der Waals surface area contributed by atoms with Gasteiger partial charge in [-0.1, -0.05) is 6.08 Å². The Hall–Kier alpha value is -0.420. The second-order valence-electron chi connectivity index (χ2n) is 3.20. The molecule has 0 aliphatic rings. The SMILES string of the molecule is C=CC(C)NCCOCCOCCOC. The highest BCUT2D eigenvalue weighted by Crippen LogP contribution is 1.82. The Morgan fingerprint density at radius 2 is 1.73 bits per heavy atom. The Morgan fingerprint density at radius 1 is 1.13 bits per heavy atom. The Balaban J connectivity index is 2.95. The summed E-state index contributed by atoms with van der Waals surface area (Å²) in [5, 5.41) is 3.24. The molecule has 0 rings (SSSR count). The van der Waals surface area contributed by atoms with E-state index in [0.717, 1.165) is 6.54 Å². The molecule has 0 radical (unpaired) electrons. The average molecular weight is 217 g/mol. The molecule has 0 saturated carbocycles. The molecule has 1 N–H and O–H groups in total. The molecule has 90 valence electrons. The third kappa shape index (κ3) is 11.5. The second-order valence-corrected chi connectivity index (χ2v) is 3.20. The topological polar surface area (TPSA) is 39.7 Å². The van der Waals surface area contributed by atoms with Crippen LogP contribution < -0.4 is 5.32 Å². The second kappa shape index (κ2) is 11.7. The summed E-state index contributed by atoms with van der Waals surface area (Å²) in [6, 6.07) is 0.339. The molecule has 0 aliphatic heterocycles. The fourth-order valence-corrected chi connectivity index (χ4v) is 0.906. The molecule has 0 bridgehead atoms. The maximum Gasteiger partial charge on any atom is 0.0701 e. The third-order valence-electron chi connectivity index (χ3n) is 1.87. The quantitative estimate of drug-likeness (QED) is 0.411. The predicted molar refractivity (Wildman–Crippen MR) is 61.2 cm³/mol. The molecule has 0 amide bonds. The van der Waals surface area contributed by atoms with Crippen LogP contribution >= 0.6 is 0 Å².